The predicted octanol–water partition coefficient (Wildman–Crippen LogP) is 4.57. The minimum Gasteiger partial charge on any atom is -0.377 e. The molecule has 0 saturated heterocycles. The van der Waals surface area contributed by atoms with Crippen molar-refractivity contribution in [2.45, 2.75) is 39.3 Å². The molecule has 0 aliphatic carbocycles. The third-order valence-electron chi connectivity index (χ3n) is 2.58. The number of halogens is 2. The highest BCUT2D eigenvalue weighted by atomic mass is 79.9. The van der Waals surface area contributed by atoms with Gasteiger partial charge in [-0.3, -0.25) is 0 Å². The molecule has 0 saturated carbocycles. The van der Waals surface area contributed by atoms with Gasteiger partial charge in [0.25, 0.3) is 0 Å². The van der Waals surface area contributed by atoms with Crippen LogP contribution in [0.2, 0.25) is 5.02 Å². The summed E-state index contributed by atoms with van der Waals surface area (Å²) in [4.78, 5) is 0. The molecule has 0 aromatic heterocycles. The Morgan fingerprint density at radius 1 is 1.39 bits per heavy atom. The second kappa shape index (κ2) is 8.16. The summed E-state index contributed by atoms with van der Waals surface area (Å²) in [7, 11) is 0. The normalized spacial score (nSPS) is 13.0. The largest absolute Gasteiger partial charge is 0.377 e. The second-order valence-corrected chi connectivity index (χ2v) is 5.82. The maximum atomic E-state index is 6.14. The number of ether oxygens (including phenoxy) is 1. The van der Waals surface area contributed by atoms with Crippen LogP contribution in [0.15, 0.2) is 22.7 Å². The van der Waals surface area contributed by atoms with Crippen LogP contribution in [0.4, 0.5) is 0 Å². The average Bonchev–Trinajstić information content (AvgIpc) is 2.33. The first kappa shape index (κ1) is 16.0. The molecule has 0 spiro atoms. The summed E-state index contributed by atoms with van der Waals surface area (Å²) in [6.07, 6.45) is 1.34. The van der Waals surface area contributed by atoms with Gasteiger partial charge in [0.1, 0.15) is 0 Å². The lowest BCUT2D eigenvalue weighted by molar-refractivity contribution is 0.0611. The van der Waals surface area contributed by atoms with E-state index in [1.165, 1.54) is 0 Å². The van der Waals surface area contributed by atoms with E-state index < -0.39 is 0 Å². The van der Waals surface area contributed by atoms with Crippen molar-refractivity contribution in [1.29, 1.82) is 0 Å². The molecular formula is C14H21BrClNO. The van der Waals surface area contributed by atoms with E-state index in [1.54, 1.807) is 0 Å². The molecule has 2 nitrogen and oxygen atoms in total. The van der Waals surface area contributed by atoms with Crippen LogP contribution in [0.1, 0.15) is 38.8 Å². The van der Waals surface area contributed by atoms with Crippen LogP contribution in [0.3, 0.4) is 0 Å². The van der Waals surface area contributed by atoms with Gasteiger partial charge in [0.2, 0.25) is 0 Å². The highest BCUT2D eigenvalue weighted by Crippen LogP contribution is 2.26. The van der Waals surface area contributed by atoms with Crippen molar-refractivity contribution in [2.24, 2.45) is 0 Å². The molecule has 0 amide bonds. The van der Waals surface area contributed by atoms with E-state index in [2.05, 4.69) is 34.2 Å². The van der Waals surface area contributed by atoms with Crippen molar-refractivity contribution in [3.8, 4) is 0 Å². The Bertz CT molecular complexity index is 371. The predicted molar refractivity (Wildman–Crippen MR) is 81.3 cm³/mol. The zero-order valence-electron chi connectivity index (χ0n) is 11.2. The van der Waals surface area contributed by atoms with Crippen LogP contribution < -0.4 is 5.32 Å². The fourth-order valence-corrected chi connectivity index (χ4v) is 2.04. The molecular weight excluding hydrogens is 314 g/mol. The van der Waals surface area contributed by atoms with Gasteiger partial charge in [-0.05, 0) is 60.4 Å². The maximum Gasteiger partial charge on any atom is 0.0664 e. The van der Waals surface area contributed by atoms with Crippen LogP contribution >= 0.6 is 27.5 Å². The Kier molecular flexibility index (Phi) is 7.23. The van der Waals surface area contributed by atoms with Crippen LogP contribution in [0, 0.1) is 0 Å². The summed E-state index contributed by atoms with van der Waals surface area (Å²) in [5.74, 6) is 0. The number of nitrogens with one attached hydrogen (secondary N) is 1. The van der Waals surface area contributed by atoms with Gasteiger partial charge in [0, 0.05) is 4.47 Å². The van der Waals surface area contributed by atoms with Gasteiger partial charge in [-0.25, -0.2) is 0 Å². The molecule has 102 valence electrons. The topological polar surface area (TPSA) is 21.3 Å². The van der Waals surface area contributed by atoms with E-state index in [1.807, 2.05) is 26.0 Å². The fourth-order valence-electron chi connectivity index (χ4n) is 1.61. The van der Waals surface area contributed by atoms with E-state index in [0.29, 0.717) is 6.61 Å². The first-order valence-corrected chi connectivity index (χ1v) is 7.51. The molecule has 1 rings (SSSR count). The lowest BCUT2D eigenvalue weighted by Crippen LogP contribution is -2.27. The molecule has 1 aromatic rings. The van der Waals surface area contributed by atoms with Gasteiger partial charge in [-0.1, -0.05) is 24.6 Å². The molecule has 18 heavy (non-hydrogen) atoms. The summed E-state index contributed by atoms with van der Waals surface area (Å²) in [6, 6.07) is 6.24. The number of benzene rings is 1. The van der Waals surface area contributed by atoms with E-state index in [0.717, 1.165) is 28.0 Å². The smallest absolute Gasteiger partial charge is 0.0664 e. The van der Waals surface area contributed by atoms with Gasteiger partial charge in [0.05, 0.1) is 23.8 Å². The van der Waals surface area contributed by atoms with Crippen molar-refractivity contribution in [1.82, 2.24) is 5.32 Å². The molecule has 1 N–H and O–H groups in total. The van der Waals surface area contributed by atoms with E-state index in [9.17, 15) is 0 Å². The van der Waals surface area contributed by atoms with Gasteiger partial charge < -0.3 is 10.1 Å². The SMILES string of the molecule is CCCNC(COC(C)C)c1ccc(Br)c(Cl)c1. The van der Waals surface area contributed by atoms with Gasteiger partial charge in [0.15, 0.2) is 0 Å². The van der Waals surface area contributed by atoms with Crippen LogP contribution in [-0.4, -0.2) is 19.3 Å². The minimum atomic E-state index is 0.193. The Morgan fingerprint density at radius 3 is 2.67 bits per heavy atom. The second-order valence-electron chi connectivity index (χ2n) is 4.56. The van der Waals surface area contributed by atoms with E-state index >= 15 is 0 Å². The summed E-state index contributed by atoms with van der Waals surface area (Å²) >= 11 is 9.55. The molecule has 0 radical (unpaired) electrons. The lowest BCUT2D eigenvalue weighted by Gasteiger charge is -2.21. The number of hydrogen-bond acceptors (Lipinski definition) is 2. The first-order valence-electron chi connectivity index (χ1n) is 6.34. The molecule has 0 heterocycles. The Hall–Kier alpha value is -0.0900. The quantitative estimate of drug-likeness (QED) is 0.788. The standard InChI is InChI=1S/C14H21BrClNO/c1-4-7-17-14(9-18-10(2)3)11-5-6-12(15)13(16)8-11/h5-6,8,10,14,17H,4,7,9H2,1-3H3. The van der Waals surface area contributed by atoms with Crippen molar-refractivity contribution >= 4 is 27.5 Å². The lowest BCUT2D eigenvalue weighted by atomic mass is 10.1. The number of rotatable bonds is 7. The number of hydrogen-bond donors (Lipinski definition) is 1. The van der Waals surface area contributed by atoms with Crippen molar-refractivity contribution in [3.63, 3.8) is 0 Å². The zero-order chi connectivity index (χ0) is 13.5. The molecule has 1 atom stereocenters. The third kappa shape index (κ3) is 5.27. The molecule has 4 heteroatoms. The molecule has 1 unspecified atom stereocenters. The van der Waals surface area contributed by atoms with Crippen molar-refractivity contribution < 1.29 is 4.74 Å². The Balaban J connectivity index is 2.76. The van der Waals surface area contributed by atoms with Crippen molar-refractivity contribution in [3.05, 3.63) is 33.3 Å². The van der Waals surface area contributed by atoms with Crippen LogP contribution in [0.25, 0.3) is 0 Å². The Labute approximate surface area is 123 Å². The van der Waals surface area contributed by atoms with Gasteiger partial charge >= 0.3 is 0 Å². The first-order chi connectivity index (χ1) is 8.54. The van der Waals surface area contributed by atoms with Gasteiger partial charge in [-0.15, -0.1) is 0 Å². The fraction of sp³-hybridized carbons (Fsp3) is 0.571. The summed E-state index contributed by atoms with van der Waals surface area (Å²) in [5.41, 5.74) is 1.16. The average molecular weight is 335 g/mol. The highest BCUT2D eigenvalue weighted by molar-refractivity contribution is 9.10. The van der Waals surface area contributed by atoms with E-state index in [-0.39, 0.29) is 12.1 Å². The third-order valence-corrected chi connectivity index (χ3v) is 3.82. The molecule has 0 aliphatic rings. The van der Waals surface area contributed by atoms with Crippen LogP contribution in [0.5, 0.6) is 0 Å². The molecule has 0 bridgehead atoms. The summed E-state index contributed by atoms with van der Waals surface area (Å²) in [5, 5.41) is 4.23. The maximum absolute atomic E-state index is 6.14. The molecule has 0 aliphatic heterocycles. The zero-order valence-corrected chi connectivity index (χ0v) is 13.5. The molecule has 0 fully saturated rings. The van der Waals surface area contributed by atoms with Gasteiger partial charge in [-0.2, -0.15) is 0 Å². The molecule has 1 aromatic carbocycles. The highest BCUT2D eigenvalue weighted by Gasteiger charge is 2.13. The minimum absolute atomic E-state index is 0.193. The Morgan fingerprint density at radius 2 is 2.11 bits per heavy atom. The monoisotopic (exact) mass is 333 g/mol. The van der Waals surface area contributed by atoms with Crippen molar-refractivity contribution in [2.75, 3.05) is 13.2 Å². The summed E-state index contributed by atoms with van der Waals surface area (Å²) in [6.45, 7) is 7.88. The summed E-state index contributed by atoms with van der Waals surface area (Å²) < 4.78 is 6.63. The van der Waals surface area contributed by atoms with Crippen LogP contribution in [-0.2, 0) is 4.74 Å². The van der Waals surface area contributed by atoms with E-state index in [4.69, 9.17) is 16.3 Å².